The minimum absolute atomic E-state index is 0.0476. The third kappa shape index (κ3) is 1.93. The number of carbonyl (C=O) groups excluding carboxylic acids is 1. The number of piperidine rings is 1. The van der Waals surface area contributed by atoms with Crippen LogP contribution in [0.5, 0.6) is 0 Å². The fourth-order valence-corrected chi connectivity index (χ4v) is 1.98. The quantitative estimate of drug-likeness (QED) is 0.785. The van der Waals surface area contributed by atoms with Gasteiger partial charge in [-0.2, -0.15) is 5.10 Å². The largest absolute Gasteiger partial charge is 0.358 e. The van der Waals surface area contributed by atoms with Gasteiger partial charge < -0.3 is 10.6 Å². The van der Waals surface area contributed by atoms with Crippen LogP contribution >= 0.6 is 0 Å². The smallest absolute Gasteiger partial charge is 0.242 e. The minimum Gasteiger partial charge on any atom is -0.358 e. The molecule has 2 aromatic rings. The highest BCUT2D eigenvalue weighted by Gasteiger charge is 2.21. The molecule has 88 valence electrons. The molecule has 17 heavy (non-hydrogen) atoms. The number of fused-ring (bicyclic) bond motifs is 1. The van der Waals surface area contributed by atoms with Gasteiger partial charge in [0.2, 0.25) is 5.91 Å². The zero-order chi connectivity index (χ0) is 11.7. The van der Waals surface area contributed by atoms with Gasteiger partial charge in [-0.05, 0) is 18.9 Å². The van der Waals surface area contributed by atoms with Crippen molar-refractivity contribution in [2.45, 2.75) is 18.9 Å². The van der Waals surface area contributed by atoms with Crippen LogP contribution in [-0.2, 0) is 4.79 Å². The molecule has 1 saturated heterocycles. The van der Waals surface area contributed by atoms with Gasteiger partial charge >= 0.3 is 0 Å². The van der Waals surface area contributed by atoms with E-state index in [2.05, 4.69) is 20.7 Å². The summed E-state index contributed by atoms with van der Waals surface area (Å²) in [5.74, 6) is 0.756. The molecule has 0 aliphatic carbocycles. The second kappa shape index (κ2) is 4.04. The van der Waals surface area contributed by atoms with Crippen molar-refractivity contribution >= 4 is 17.4 Å². The first-order valence-corrected chi connectivity index (χ1v) is 5.67. The Morgan fingerprint density at radius 3 is 3.29 bits per heavy atom. The maximum absolute atomic E-state index is 11.6. The number of nitrogens with one attached hydrogen (secondary N) is 2. The van der Waals surface area contributed by atoms with Gasteiger partial charge in [-0.1, -0.05) is 0 Å². The Morgan fingerprint density at radius 1 is 1.47 bits per heavy atom. The lowest BCUT2D eigenvalue weighted by molar-refractivity contribution is -0.123. The lowest BCUT2D eigenvalue weighted by Gasteiger charge is -2.23. The third-order valence-corrected chi connectivity index (χ3v) is 2.87. The SMILES string of the molecule is O=C1NCCCC1Nc1ccn2nccc2n1. The van der Waals surface area contributed by atoms with Crippen LogP contribution in [0.25, 0.3) is 5.65 Å². The maximum Gasteiger partial charge on any atom is 0.242 e. The van der Waals surface area contributed by atoms with Crippen LogP contribution in [0.2, 0.25) is 0 Å². The average Bonchev–Trinajstić information content (AvgIpc) is 2.79. The molecule has 3 heterocycles. The van der Waals surface area contributed by atoms with Crippen LogP contribution in [0.1, 0.15) is 12.8 Å². The standard InChI is InChI=1S/C11H13N5O/c17-11-8(2-1-5-12-11)14-9-4-7-16-10(15-9)3-6-13-16/h3-4,6-8H,1-2,5H2,(H,12,17)(H,14,15). The highest BCUT2D eigenvalue weighted by molar-refractivity contribution is 5.85. The zero-order valence-corrected chi connectivity index (χ0v) is 9.26. The lowest BCUT2D eigenvalue weighted by Crippen LogP contribution is -2.44. The summed E-state index contributed by atoms with van der Waals surface area (Å²) in [5, 5.41) is 10.1. The van der Waals surface area contributed by atoms with Crippen molar-refractivity contribution in [1.82, 2.24) is 19.9 Å². The predicted molar refractivity (Wildman–Crippen MR) is 62.6 cm³/mol. The molecule has 1 amide bonds. The van der Waals surface area contributed by atoms with E-state index in [1.807, 2.05) is 18.3 Å². The molecule has 1 unspecified atom stereocenters. The fourth-order valence-electron chi connectivity index (χ4n) is 1.98. The molecule has 2 N–H and O–H groups in total. The predicted octanol–water partition coefficient (Wildman–Crippen LogP) is 0.420. The Hall–Kier alpha value is -2.11. The Bertz CT molecular complexity index is 550. The van der Waals surface area contributed by atoms with Gasteiger partial charge in [0.15, 0.2) is 5.65 Å². The van der Waals surface area contributed by atoms with Crippen molar-refractivity contribution in [1.29, 1.82) is 0 Å². The van der Waals surface area contributed by atoms with Crippen molar-refractivity contribution < 1.29 is 4.79 Å². The molecule has 0 bridgehead atoms. The van der Waals surface area contributed by atoms with E-state index in [4.69, 9.17) is 0 Å². The average molecular weight is 231 g/mol. The first-order chi connectivity index (χ1) is 8.33. The summed E-state index contributed by atoms with van der Waals surface area (Å²) < 4.78 is 1.69. The van der Waals surface area contributed by atoms with Crippen LogP contribution in [0.15, 0.2) is 24.5 Å². The second-order valence-electron chi connectivity index (χ2n) is 4.08. The van der Waals surface area contributed by atoms with E-state index in [-0.39, 0.29) is 11.9 Å². The van der Waals surface area contributed by atoms with Gasteiger partial charge in [-0.15, -0.1) is 0 Å². The molecule has 0 spiro atoms. The van der Waals surface area contributed by atoms with Gasteiger partial charge in [0.1, 0.15) is 11.9 Å². The summed E-state index contributed by atoms with van der Waals surface area (Å²) in [6.45, 7) is 0.770. The van der Waals surface area contributed by atoms with Crippen LogP contribution < -0.4 is 10.6 Å². The number of rotatable bonds is 2. The monoisotopic (exact) mass is 231 g/mol. The fraction of sp³-hybridized carbons (Fsp3) is 0.364. The van der Waals surface area contributed by atoms with E-state index in [9.17, 15) is 4.79 Å². The van der Waals surface area contributed by atoms with Crippen molar-refractivity contribution in [3.8, 4) is 0 Å². The summed E-state index contributed by atoms with van der Waals surface area (Å²) in [4.78, 5) is 16.0. The van der Waals surface area contributed by atoms with E-state index in [1.54, 1.807) is 10.7 Å². The second-order valence-corrected chi connectivity index (χ2v) is 4.08. The zero-order valence-electron chi connectivity index (χ0n) is 9.26. The van der Waals surface area contributed by atoms with Crippen LogP contribution in [0, 0.1) is 0 Å². The molecule has 6 nitrogen and oxygen atoms in total. The summed E-state index contributed by atoms with van der Waals surface area (Å²) in [6.07, 6.45) is 5.36. The Morgan fingerprint density at radius 2 is 2.41 bits per heavy atom. The van der Waals surface area contributed by atoms with E-state index >= 15 is 0 Å². The molecule has 0 radical (unpaired) electrons. The first-order valence-electron chi connectivity index (χ1n) is 5.67. The van der Waals surface area contributed by atoms with Crippen LogP contribution in [-0.4, -0.2) is 33.1 Å². The highest BCUT2D eigenvalue weighted by Crippen LogP contribution is 2.11. The Balaban J connectivity index is 1.81. The molecule has 3 rings (SSSR count). The van der Waals surface area contributed by atoms with E-state index in [1.165, 1.54) is 0 Å². The molecule has 1 fully saturated rings. The molecule has 6 heteroatoms. The summed E-state index contributed by atoms with van der Waals surface area (Å²) >= 11 is 0. The number of anilines is 1. The first kappa shape index (κ1) is 10.1. The van der Waals surface area contributed by atoms with E-state index in [0.717, 1.165) is 25.0 Å². The van der Waals surface area contributed by atoms with Crippen molar-refractivity contribution in [2.75, 3.05) is 11.9 Å². The number of nitrogens with zero attached hydrogens (tertiary/aromatic N) is 3. The summed E-state index contributed by atoms with van der Waals surface area (Å²) in [6, 6.07) is 3.47. The van der Waals surface area contributed by atoms with Crippen molar-refractivity contribution in [2.24, 2.45) is 0 Å². The van der Waals surface area contributed by atoms with Gasteiger partial charge in [-0.3, -0.25) is 4.79 Å². The Kier molecular flexibility index (Phi) is 2.40. The number of hydrogen-bond acceptors (Lipinski definition) is 4. The van der Waals surface area contributed by atoms with Gasteiger partial charge in [-0.25, -0.2) is 9.50 Å². The minimum atomic E-state index is -0.179. The molecular formula is C11H13N5O. The van der Waals surface area contributed by atoms with E-state index < -0.39 is 0 Å². The van der Waals surface area contributed by atoms with Crippen LogP contribution in [0.4, 0.5) is 5.82 Å². The molecular weight excluding hydrogens is 218 g/mol. The molecule has 1 atom stereocenters. The van der Waals surface area contributed by atoms with Crippen molar-refractivity contribution in [3.63, 3.8) is 0 Å². The summed E-state index contributed by atoms with van der Waals surface area (Å²) in [7, 11) is 0. The molecule has 1 aliphatic heterocycles. The number of aromatic nitrogens is 3. The normalized spacial score (nSPS) is 20.2. The van der Waals surface area contributed by atoms with Gasteiger partial charge in [0.05, 0.1) is 6.20 Å². The molecule has 0 aromatic carbocycles. The number of carbonyl (C=O) groups is 1. The lowest BCUT2D eigenvalue weighted by atomic mass is 10.1. The van der Waals surface area contributed by atoms with Crippen LogP contribution in [0.3, 0.4) is 0 Å². The third-order valence-electron chi connectivity index (χ3n) is 2.87. The topological polar surface area (TPSA) is 71.3 Å². The number of amides is 1. The Labute approximate surface area is 98.0 Å². The summed E-state index contributed by atoms with van der Waals surface area (Å²) in [5.41, 5.74) is 0.770. The van der Waals surface area contributed by atoms with Crippen molar-refractivity contribution in [3.05, 3.63) is 24.5 Å². The van der Waals surface area contributed by atoms with Gasteiger partial charge in [0.25, 0.3) is 0 Å². The van der Waals surface area contributed by atoms with E-state index in [0.29, 0.717) is 5.82 Å². The number of hydrogen-bond donors (Lipinski definition) is 2. The highest BCUT2D eigenvalue weighted by atomic mass is 16.2. The molecule has 1 aliphatic rings. The maximum atomic E-state index is 11.6. The molecule has 0 saturated carbocycles. The molecule has 2 aromatic heterocycles. The van der Waals surface area contributed by atoms with Gasteiger partial charge in [0, 0.05) is 18.8 Å².